The number of nitrogens with two attached hydrogens (primary N) is 1. The van der Waals surface area contributed by atoms with Crippen molar-refractivity contribution in [3.05, 3.63) is 65.7 Å². The predicted molar refractivity (Wildman–Crippen MR) is 111 cm³/mol. The van der Waals surface area contributed by atoms with Crippen molar-refractivity contribution in [3.8, 4) is 0 Å². The van der Waals surface area contributed by atoms with E-state index in [2.05, 4.69) is 17.0 Å². The van der Waals surface area contributed by atoms with Gasteiger partial charge in [0.15, 0.2) is 0 Å². The van der Waals surface area contributed by atoms with Crippen LogP contribution in [-0.2, 0) is 11.2 Å². The van der Waals surface area contributed by atoms with E-state index < -0.39 is 0 Å². The van der Waals surface area contributed by atoms with Crippen LogP contribution in [0.25, 0.3) is 0 Å². The number of morpholine rings is 1. The van der Waals surface area contributed by atoms with Crippen LogP contribution in [0.15, 0.2) is 54.6 Å². The number of rotatable bonds is 4. The minimum absolute atomic E-state index is 0.118. The van der Waals surface area contributed by atoms with E-state index >= 15 is 0 Å². The molecule has 28 heavy (non-hydrogen) atoms. The Morgan fingerprint density at radius 2 is 1.82 bits per heavy atom. The lowest BCUT2D eigenvalue weighted by Crippen LogP contribution is -2.58. The van der Waals surface area contributed by atoms with E-state index in [1.165, 1.54) is 5.56 Å². The van der Waals surface area contributed by atoms with Crippen molar-refractivity contribution in [1.82, 2.24) is 9.80 Å². The minimum atomic E-state index is -0.184. The highest BCUT2D eigenvalue weighted by Crippen LogP contribution is 2.31. The van der Waals surface area contributed by atoms with E-state index in [0.29, 0.717) is 19.7 Å². The second-order valence-corrected chi connectivity index (χ2v) is 7.96. The monoisotopic (exact) mass is 379 g/mol. The highest BCUT2D eigenvalue weighted by atomic mass is 16.5. The van der Waals surface area contributed by atoms with Gasteiger partial charge in [-0.05, 0) is 49.1 Å². The van der Waals surface area contributed by atoms with E-state index in [1.54, 1.807) is 0 Å². The number of nitrogen functional groups attached to an aromatic ring is 1. The molecule has 2 N–H and O–H groups in total. The van der Waals surface area contributed by atoms with Gasteiger partial charge in [-0.25, -0.2) is 0 Å². The van der Waals surface area contributed by atoms with E-state index in [1.807, 2.05) is 47.4 Å². The smallest absolute Gasteiger partial charge is 0.254 e. The van der Waals surface area contributed by atoms with Gasteiger partial charge in [0.2, 0.25) is 0 Å². The third-order valence-electron chi connectivity index (χ3n) is 5.99. The summed E-state index contributed by atoms with van der Waals surface area (Å²) in [5.41, 5.74) is 8.57. The van der Waals surface area contributed by atoms with Crippen LogP contribution in [0.2, 0.25) is 0 Å². The molecule has 0 aliphatic carbocycles. The summed E-state index contributed by atoms with van der Waals surface area (Å²) in [6.07, 6.45) is 2.96. The average molecular weight is 380 g/mol. The lowest BCUT2D eigenvalue weighted by Gasteiger charge is -2.47. The molecule has 2 aliphatic rings. The Morgan fingerprint density at radius 3 is 2.57 bits per heavy atom. The van der Waals surface area contributed by atoms with E-state index in [-0.39, 0.29) is 11.5 Å². The molecule has 5 nitrogen and oxygen atoms in total. The Labute approximate surface area is 167 Å². The largest absolute Gasteiger partial charge is 0.399 e. The van der Waals surface area contributed by atoms with Crippen LogP contribution in [0.5, 0.6) is 0 Å². The number of ether oxygens (including phenoxy) is 1. The van der Waals surface area contributed by atoms with Crippen LogP contribution in [0, 0.1) is 0 Å². The van der Waals surface area contributed by atoms with Gasteiger partial charge in [-0.2, -0.15) is 0 Å². The highest BCUT2D eigenvalue weighted by Gasteiger charge is 2.40. The zero-order valence-corrected chi connectivity index (χ0v) is 16.3. The van der Waals surface area contributed by atoms with Gasteiger partial charge in [-0.3, -0.25) is 4.79 Å². The summed E-state index contributed by atoms with van der Waals surface area (Å²) in [5.74, 6) is 0.118. The lowest BCUT2D eigenvalue weighted by atomic mass is 9.89. The molecular formula is C23H29N3O2. The molecule has 2 aromatic rings. The molecule has 0 unspecified atom stereocenters. The molecule has 2 heterocycles. The fourth-order valence-corrected chi connectivity index (χ4v) is 4.30. The molecule has 0 atom stereocenters. The molecule has 1 spiro atoms. The first-order valence-electron chi connectivity index (χ1n) is 10.2. The molecule has 0 aromatic heterocycles. The summed E-state index contributed by atoms with van der Waals surface area (Å²) >= 11 is 0. The summed E-state index contributed by atoms with van der Waals surface area (Å²) in [4.78, 5) is 17.3. The van der Waals surface area contributed by atoms with Crippen LogP contribution in [0.3, 0.4) is 0 Å². The van der Waals surface area contributed by atoms with Gasteiger partial charge in [0.25, 0.3) is 5.91 Å². The number of hydrogen-bond acceptors (Lipinski definition) is 4. The highest BCUT2D eigenvalue weighted by molar-refractivity contribution is 5.94. The molecule has 1 amide bonds. The molecule has 0 saturated carbocycles. The Kier molecular flexibility index (Phi) is 5.64. The van der Waals surface area contributed by atoms with Crippen LogP contribution in [0.1, 0.15) is 28.8 Å². The van der Waals surface area contributed by atoms with Crippen molar-refractivity contribution in [2.45, 2.75) is 24.9 Å². The summed E-state index contributed by atoms with van der Waals surface area (Å²) in [6.45, 7) is 5.05. The van der Waals surface area contributed by atoms with Crippen molar-refractivity contribution in [1.29, 1.82) is 0 Å². The normalized spacial score (nSPS) is 19.6. The first-order chi connectivity index (χ1) is 13.6. The number of likely N-dealkylation sites (tertiary alicyclic amines) is 1. The maximum absolute atomic E-state index is 12.8. The van der Waals surface area contributed by atoms with E-state index in [4.69, 9.17) is 10.5 Å². The topological polar surface area (TPSA) is 58.8 Å². The predicted octanol–water partition coefficient (Wildman–Crippen LogP) is 2.82. The molecule has 2 fully saturated rings. The molecule has 2 saturated heterocycles. The maximum atomic E-state index is 12.8. The number of nitrogens with zero attached hydrogens (tertiary/aromatic N) is 2. The standard InChI is InChI=1S/C23H29N3O2/c24-21-8-4-5-19(17-21)9-12-25-13-10-23(11-14-25)18-26(15-16-28-23)22(27)20-6-2-1-3-7-20/h1-8,17H,9-16,18,24H2. The summed E-state index contributed by atoms with van der Waals surface area (Å²) in [7, 11) is 0. The second kappa shape index (κ2) is 8.33. The van der Waals surface area contributed by atoms with Gasteiger partial charge in [-0.1, -0.05) is 30.3 Å². The van der Waals surface area contributed by atoms with Gasteiger partial charge in [0, 0.05) is 37.4 Å². The summed E-state index contributed by atoms with van der Waals surface area (Å²) < 4.78 is 6.21. The number of carbonyl (C=O) groups is 1. The van der Waals surface area contributed by atoms with Crippen molar-refractivity contribution >= 4 is 11.6 Å². The van der Waals surface area contributed by atoms with Gasteiger partial charge in [-0.15, -0.1) is 0 Å². The molecule has 0 bridgehead atoms. The lowest BCUT2D eigenvalue weighted by molar-refractivity contribution is -0.127. The number of anilines is 1. The van der Waals surface area contributed by atoms with Gasteiger partial charge in [0.1, 0.15) is 0 Å². The maximum Gasteiger partial charge on any atom is 0.254 e. The number of piperidine rings is 1. The Balaban J connectivity index is 1.31. The van der Waals surface area contributed by atoms with Crippen molar-refractivity contribution in [2.75, 3.05) is 45.1 Å². The molecule has 2 aliphatic heterocycles. The fraction of sp³-hybridized carbons (Fsp3) is 0.435. The third-order valence-corrected chi connectivity index (χ3v) is 5.99. The first-order valence-corrected chi connectivity index (χ1v) is 10.2. The fourth-order valence-electron chi connectivity index (χ4n) is 4.30. The zero-order chi connectivity index (χ0) is 19.4. The SMILES string of the molecule is Nc1cccc(CCN2CCC3(CC2)CN(C(=O)c2ccccc2)CCO3)c1. The van der Waals surface area contributed by atoms with Gasteiger partial charge < -0.3 is 20.3 Å². The third kappa shape index (κ3) is 4.37. The summed E-state index contributed by atoms with van der Waals surface area (Å²) in [6, 6.07) is 17.7. The van der Waals surface area contributed by atoms with Crippen molar-refractivity contribution in [3.63, 3.8) is 0 Å². The molecule has 4 rings (SSSR count). The van der Waals surface area contributed by atoms with Crippen LogP contribution < -0.4 is 5.73 Å². The summed E-state index contributed by atoms with van der Waals surface area (Å²) in [5, 5.41) is 0. The molecular weight excluding hydrogens is 350 g/mol. The van der Waals surface area contributed by atoms with Crippen molar-refractivity contribution < 1.29 is 9.53 Å². The minimum Gasteiger partial charge on any atom is -0.399 e. The van der Waals surface area contributed by atoms with Crippen LogP contribution >= 0.6 is 0 Å². The van der Waals surface area contributed by atoms with Gasteiger partial charge >= 0.3 is 0 Å². The molecule has 5 heteroatoms. The Morgan fingerprint density at radius 1 is 1.04 bits per heavy atom. The molecule has 2 aromatic carbocycles. The average Bonchev–Trinajstić information content (AvgIpc) is 2.74. The van der Waals surface area contributed by atoms with Gasteiger partial charge in [0.05, 0.1) is 18.8 Å². The number of benzene rings is 2. The van der Waals surface area contributed by atoms with Crippen LogP contribution in [-0.4, -0.2) is 60.6 Å². The second-order valence-electron chi connectivity index (χ2n) is 7.96. The van der Waals surface area contributed by atoms with Crippen LogP contribution in [0.4, 0.5) is 5.69 Å². The van der Waals surface area contributed by atoms with E-state index in [0.717, 1.165) is 50.1 Å². The number of carbonyl (C=O) groups excluding carboxylic acids is 1. The number of hydrogen-bond donors (Lipinski definition) is 1. The Bertz CT molecular complexity index is 801. The number of amides is 1. The first kappa shape index (κ1) is 19.0. The van der Waals surface area contributed by atoms with E-state index in [9.17, 15) is 4.79 Å². The quantitative estimate of drug-likeness (QED) is 0.830. The molecule has 148 valence electrons. The molecule has 0 radical (unpaired) electrons. The van der Waals surface area contributed by atoms with Crippen molar-refractivity contribution in [2.24, 2.45) is 0 Å². The zero-order valence-electron chi connectivity index (χ0n) is 16.3. The Hall–Kier alpha value is -2.37.